The molecule has 6 rings (SSSR count). The van der Waals surface area contributed by atoms with Crippen molar-refractivity contribution in [1.29, 1.82) is 0 Å². The van der Waals surface area contributed by atoms with Gasteiger partial charge in [0.25, 0.3) is 0 Å². The summed E-state index contributed by atoms with van der Waals surface area (Å²) >= 11 is 0. The number of hydrogen-bond acceptors (Lipinski definition) is 5. The molecule has 5 nitrogen and oxygen atoms in total. The zero-order valence-corrected chi connectivity index (χ0v) is 18.2. The highest BCUT2D eigenvalue weighted by Crippen LogP contribution is 2.28. The predicted molar refractivity (Wildman–Crippen MR) is 136 cm³/mol. The molecule has 0 aromatic rings. The van der Waals surface area contributed by atoms with Crippen molar-refractivity contribution in [2.45, 2.75) is 0 Å². The SMILES string of the molecule is C(=C\c1cnc2cccccc1-2)/c1ccc2c(/C=C/c3cnc4cccccc3-4)nnc-2cn1. The summed E-state index contributed by atoms with van der Waals surface area (Å²) in [5.74, 6) is 0. The van der Waals surface area contributed by atoms with Gasteiger partial charge in [0, 0.05) is 40.2 Å². The molecule has 6 aliphatic rings. The summed E-state index contributed by atoms with van der Waals surface area (Å²) in [5, 5.41) is 8.66. The summed E-state index contributed by atoms with van der Waals surface area (Å²) in [7, 11) is 0. The number of aromatic nitrogens is 5. The van der Waals surface area contributed by atoms with Crippen molar-refractivity contribution < 1.29 is 0 Å². The molecule has 5 heteroatoms. The van der Waals surface area contributed by atoms with Gasteiger partial charge in [-0.15, -0.1) is 10.2 Å². The quantitative estimate of drug-likeness (QED) is 0.323. The van der Waals surface area contributed by atoms with Crippen LogP contribution in [0, 0.1) is 0 Å². The standard InChI is InChI=1S/C29H19N5/c1-3-7-23-20(17-31-26(23)9-5-1)11-13-22-14-15-25-28(33-34-29(25)19-30-22)16-12-21-18-32-27-10-6-2-4-8-24(21)27/h1-19H/b13-11+,16-12+. The van der Waals surface area contributed by atoms with Crippen molar-refractivity contribution in [2.24, 2.45) is 0 Å². The van der Waals surface area contributed by atoms with E-state index in [0.29, 0.717) is 0 Å². The summed E-state index contributed by atoms with van der Waals surface area (Å²) in [5.41, 5.74) is 9.61. The Hall–Kier alpha value is -4.77. The van der Waals surface area contributed by atoms with E-state index in [1.54, 1.807) is 6.20 Å². The predicted octanol–water partition coefficient (Wildman–Crippen LogP) is 6.32. The van der Waals surface area contributed by atoms with Crippen LogP contribution < -0.4 is 0 Å². The van der Waals surface area contributed by atoms with Gasteiger partial charge < -0.3 is 0 Å². The Labute approximate surface area is 197 Å². The second-order valence-corrected chi connectivity index (χ2v) is 7.91. The van der Waals surface area contributed by atoms with Gasteiger partial charge in [0.05, 0.1) is 29.0 Å². The maximum Gasteiger partial charge on any atom is 0.113 e. The van der Waals surface area contributed by atoms with E-state index in [9.17, 15) is 0 Å². The van der Waals surface area contributed by atoms with Gasteiger partial charge in [0.2, 0.25) is 0 Å². The lowest BCUT2D eigenvalue weighted by Crippen LogP contribution is -1.75. The second-order valence-electron chi connectivity index (χ2n) is 7.91. The lowest BCUT2D eigenvalue weighted by Gasteiger charge is -1.93. The van der Waals surface area contributed by atoms with Crippen LogP contribution in [0.3, 0.4) is 0 Å². The maximum atomic E-state index is 4.59. The molecule has 0 bridgehead atoms. The second kappa shape index (κ2) is 8.64. The fourth-order valence-electron chi connectivity index (χ4n) is 4.00. The minimum absolute atomic E-state index is 0.753. The number of hydrogen-bond donors (Lipinski definition) is 0. The molecule has 0 fully saturated rings. The van der Waals surface area contributed by atoms with E-state index in [2.05, 4.69) is 37.3 Å². The molecule has 0 N–H and O–H groups in total. The molecule has 34 heavy (non-hydrogen) atoms. The Kier molecular flexibility index (Phi) is 5.05. The van der Waals surface area contributed by atoms with Crippen molar-refractivity contribution in [2.75, 3.05) is 0 Å². The fourth-order valence-corrected chi connectivity index (χ4v) is 4.00. The van der Waals surface area contributed by atoms with Crippen LogP contribution in [0.25, 0.3) is 58.1 Å². The first-order valence-electron chi connectivity index (χ1n) is 11.0. The summed E-state index contributed by atoms with van der Waals surface area (Å²) in [6, 6.07) is 24.2. The van der Waals surface area contributed by atoms with Gasteiger partial charge in [0.15, 0.2) is 0 Å². The molecule has 0 radical (unpaired) electrons. The molecule has 0 saturated heterocycles. The monoisotopic (exact) mass is 437 g/mol. The van der Waals surface area contributed by atoms with Crippen LogP contribution in [0.2, 0.25) is 0 Å². The van der Waals surface area contributed by atoms with Gasteiger partial charge in [-0.3, -0.25) is 15.0 Å². The molecule has 0 spiro atoms. The minimum Gasteiger partial charge on any atom is -0.256 e. The van der Waals surface area contributed by atoms with Crippen molar-refractivity contribution in [3.05, 3.63) is 114 Å². The number of nitrogens with zero attached hydrogens (tertiary/aromatic N) is 5. The molecule has 0 aromatic heterocycles. The summed E-state index contributed by atoms with van der Waals surface area (Å²) in [6.07, 6.45) is 13.6. The first kappa shape index (κ1) is 19.9. The van der Waals surface area contributed by atoms with Gasteiger partial charge in [0.1, 0.15) is 5.69 Å². The molecule has 160 valence electrons. The van der Waals surface area contributed by atoms with Crippen LogP contribution in [0.1, 0.15) is 22.5 Å². The topological polar surface area (TPSA) is 64.5 Å². The fraction of sp³-hybridized carbons (Fsp3) is 0. The molecular weight excluding hydrogens is 418 g/mol. The summed E-state index contributed by atoms with van der Waals surface area (Å²) in [4.78, 5) is 13.6. The van der Waals surface area contributed by atoms with E-state index < -0.39 is 0 Å². The Bertz CT molecular complexity index is 1570. The van der Waals surface area contributed by atoms with E-state index in [0.717, 1.165) is 56.3 Å². The average Bonchev–Trinajstić information content (AvgIpc) is 3.34. The van der Waals surface area contributed by atoms with E-state index in [4.69, 9.17) is 0 Å². The van der Waals surface area contributed by atoms with Crippen LogP contribution in [0.4, 0.5) is 0 Å². The molecule has 0 unspecified atom stereocenters. The molecule has 0 atom stereocenters. The van der Waals surface area contributed by atoms with Crippen molar-refractivity contribution in [3.63, 3.8) is 0 Å². The largest absolute Gasteiger partial charge is 0.256 e. The third-order valence-electron chi connectivity index (χ3n) is 5.77. The molecule has 2 aliphatic carbocycles. The van der Waals surface area contributed by atoms with Crippen molar-refractivity contribution in [3.8, 4) is 33.8 Å². The molecule has 4 aliphatic heterocycles. The van der Waals surface area contributed by atoms with Crippen LogP contribution in [0.5, 0.6) is 0 Å². The Morgan fingerprint density at radius 2 is 1.09 bits per heavy atom. The minimum atomic E-state index is 0.753. The molecule has 0 amide bonds. The van der Waals surface area contributed by atoms with Gasteiger partial charge >= 0.3 is 0 Å². The zero-order valence-electron chi connectivity index (χ0n) is 18.2. The summed E-state index contributed by atoms with van der Waals surface area (Å²) < 4.78 is 0. The molecular formula is C29H19N5. The van der Waals surface area contributed by atoms with E-state index in [1.807, 2.05) is 97.4 Å². The Balaban J connectivity index is 1.28. The molecule has 0 saturated carbocycles. The van der Waals surface area contributed by atoms with E-state index in [1.165, 1.54) is 0 Å². The maximum absolute atomic E-state index is 4.59. The highest BCUT2D eigenvalue weighted by atomic mass is 15.1. The van der Waals surface area contributed by atoms with Crippen LogP contribution >= 0.6 is 0 Å². The lowest BCUT2D eigenvalue weighted by atomic mass is 10.1. The van der Waals surface area contributed by atoms with E-state index in [-0.39, 0.29) is 0 Å². The highest BCUT2D eigenvalue weighted by Gasteiger charge is 2.12. The van der Waals surface area contributed by atoms with Crippen LogP contribution in [0.15, 0.2) is 91.4 Å². The average molecular weight is 438 g/mol. The van der Waals surface area contributed by atoms with Gasteiger partial charge in [-0.1, -0.05) is 60.7 Å². The third kappa shape index (κ3) is 3.80. The van der Waals surface area contributed by atoms with Gasteiger partial charge in [-0.05, 0) is 36.4 Å². The smallest absolute Gasteiger partial charge is 0.113 e. The van der Waals surface area contributed by atoms with Gasteiger partial charge in [-0.25, -0.2) is 0 Å². The highest BCUT2D eigenvalue weighted by molar-refractivity contribution is 5.84. The number of rotatable bonds is 4. The first-order valence-corrected chi connectivity index (χ1v) is 11.0. The van der Waals surface area contributed by atoms with Crippen molar-refractivity contribution >= 4 is 24.3 Å². The Morgan fingerprint density at radius 1 is 0.441 bits per heavy atom. The first-order chi connectivity index (χ1) is 16.8. The van der Waals surface area contributed by atoms with E-state index >= 15 is 0 Å². The zero-order chi connectivity index (χ0) is 22.7. The number of fused-ring (bicyclic) bond motifs is 3. The lowest BCUT2D eigenvalue weighted by molar-refractivity contribution is 1.08. The Morgan fingerprint density at radius 3 is 1.79 bits per heavy atom. The van der Waals surface area contributed by atoms with Crippen LogP contribution in [-0.4, -0.2) is 25.1 Å². The third-order valence-corrected chi connectivity index (χ3v) is 5.77. The van der Waals surface area contributed by atoms with Gasteiger partial charge in [-0.2, -0.15) is 0 Å². The molecule has 0 aromatic carbocycles. The van der Waals surface area contributed by atoms with Crippen LogP contribution in [-0.2, 0) is 0 Å². The molecule has 4 heterocycles. The normalized spacial score (nSPS) is 11.9. The summed E-state index contributed by atoms with van der Waals surface area (Å²) in [6.45, 7) is 0. The van der Waals surface area contributed by atoms with Crippen molar-refractivity contribution in [1.82, 2.24) is 25.1 Å².